The van der Waals surface area contributed by atoms with Gasteiger partial charge >= 0.3 is 0 Å². The lowest BCUT2D eigenvalue weighted by Crippen LogP contribution is -2.34. The van der Waals surface area contributed by atoms with E-state index in [-0.39, 0.29) is 10.5 Å². The quantitative estimate of drug-likeness (QED) is 0.407. The number of aromatic nitrogens is 2. The maximum Gasteiger partial charge on any atom is 0.280 e. The van der Waals surface area contributed by atoms with Gasteiger partial charge in [-0.3, -0.25) is 14.6 Å². The highest BCUT2D eigenvalue weighted by Gasteiger charge is 2.14. The summed E-state index contributed by atoms with van der Waals surface area (Å²) in [7, 11) is -3.75. The second kappa shape index (κ2) is 8.78. The molecule has 1 heterocycles. The van der Waals surface area contributed by atoms with Gasteiger partial charge in [0.2, 0.25) is 0 Å². The van der Waals surface area contributed by atoms with Crippen LogP contribution in [-0.2, 0) is 10.0 Å². The third-order valence-corrected chi connectivity index (χ3v) is 6.31. The third kappa shape index (κ3) is 4.61. The molecule has 7 nitrogen and oxygen atoms in total. The van der Waals surface area contributed by atoms with Crippen molar-refractivity contribution in [1.29, 1.82) is 0 Å². The minimum Gasteiger partial charge on any atom is -0.361 e. The van der Waals surface area contributed by atoms with Gasteiger partial charge in [0.05, 0.1) is 21.2 Å². The predicted molar refractivity (Wildman–Crippen MR) is 128 cm³/mol. The first kappa shape index (κ1) is 21.5. The molecular weight excluding hydrogens is 448 g/mol. The van der Waals surface area contributed by atoms with Crippen LogP contribution < -0.4 is 26.2 Å². The second-order valence-electron chi connectivity index (χ2n) is 6.91. The van der Waals surface area contributed by atoms with Crippen LogP contribution in [0.2, 0.25) is 5.02 Å². The Morgan fingerprint density at radius 3 is 2.19 bits per heavy atom. The van der Waals surface area contributed by atoms with Gasteiger partial charge in [0.15, 0.2) is 0 Å². The molecule has 1 aromatic heterocycles. The lowest BCUT2D eigenvalue weighted by molar-refractivity contribution is 0.601. The van der Waals surface area contributed by atoms with E-state index >= 15 is 0 Å². The molecule has 32 heavy (non-hydrogen) atoms. The number of anilines is 2. The fraction of sp³-hybridized carbons (Fsp3) is 0. The average molecular weight is 467 g/mol. The van der Waals surface area contributed by atoms with Gasteiger partial charge in [-0.2, -0.15) is 0 Å². The van der Waals surface area contributed by atoms with E-state index in [1.165, 1.54) is 23.0 Å². The molecule has 0 aliphatic carbocycles. The van der Waals surface area contributed by atoms with Gasteiger partial charge in [-0.25, -0.2) is 13.1 Å². The number of halogens is 1. The van der Waals surface area contributed by atoms with E-state index < -0.39 is 10.0 Å². The fourth-order valence-corrected chi connectivity index (χ4v) is 4.21. The van der Waals surface area contributed by atoms with Crippen molar-refractivity contribution in [2.75, 3.05) is 10.0 Å². The molecule has 0 fully saturated rings. The number of para-hydroxylation sites is 1. The minimum absolute atomic E-state index is 0.101. The second-order valence-corrected chi connectivity index (χ2v) is 9.02. The van der Waals surface area contributed by atoms with Crippen molar-refractivity contribution in [3.05, 3.63) is 105 Å². The molecule has 3 aromatic carbocycles. The Bertz CT molecular complexity index is 1510. The van der Waals surface area contributed by atoms with E-state index in [1.807, 2.05) is 30.3 Å². The van der Waals surface area contributed by atoms with Gasteiger partial charge in [0.25, 0.3) is 15.6 Å². The van der Waals surface area contributed by atoms with E-state index in [9.17, 15) is 13.2 Å². The van der Waals surface area contributed by atoms with E-state index in [4.69, 9.17) is 11.6 Å². The molecule has 162 valence electrons. The van der Waals surface area contributed by atoms with Crippen molar-refractivity contribution < 1.29 is 8.42 Å². The van der Waals surface area contributed by atoms with Crippen LogP contribution in [0.25, 0.3) is 18.5 Å². The number of H-pyrrole nitrogens is 1. The zero-order valence-corrected chi connectivity index (χ0v) is 18.3. The maximum atomic E-state index is 12.7. The SMILES string of the molecule is C=c1[nH]n(-c2ccccc2)c(=O)/c1=C\Nc1ccc(S(=O)(=O)Nc2ccc(Cl)cc2)cc1. The Labute approximate surface area is 189 Å². The Balaban J connectivity index is 1.54. The van der Waals surface area contributed by atoms with Gasteiger partial charge in [0.1, 0.15) is 0 Å². The lowest BCUT2D eigenvalue weighted by atomic mass is 10.3. The van der Waals surface area contributed by atoms with Crippen LogP contribution in [0.15, 0.2) is 88.6 Å². The Hall–Kier alpha value is -3.75. The molecule has 0 saturated carbocycles. The van der Waals surface area contributed by atoms with Crippen LogP contribution >= 0.6 is 11.6 Å². The molecule has 0 amide bonds. The number of rotatable bonds is 6. The monoisotopic (exact) mass is 466 g/mol. The van der Waals surface area contributed by atoms with Crippen molar-refractivity contribution in [3.8, 4) is 5.69 Å². The van der Waals surface area contributed by atoms with Crippen LogP contribution in [-0.4, -0.2) is 18.2 Å². The molecule has 9 heteroatoms. The van der Waals surface area contributed by atoms with Crippen molar-refractivity contribution in [3.63, 3.8) is 0 Å². The largest absolute Gasteiger partial charge is 0.361 e. The molecule has 0 unspecified atom stereocenters. The van der Waals surface area contributed by atoms with E-state index in [2.05, 4.69) is 21.7 Å². The molecule has 0 atom stereocenters. The molecular formula is C23H19ClN4O3S. The summed E-state index contributed by atoms with van der Waals surface area (Å²) in [5, 5.41) is 7.30. The smallest absolute Gasteiger partial charge is 0.280 e. The molecule has 0 saturated heterocycles. The number of hydrogen-bond acceptors (Lipinski definition) is 4. The highest BCUT2D eigenvalue weighted by Crippen LogP contribution is 2.19. The molecule has 0 aliphatic rings. The molecule has 4 aromatic rings. The lowest BCUT2D eigenvalue weighted by Gasteiger charge is -2.09. The molecule has 3 N–H and O–H groups in total. The maximum absolute atomic E-state index is 12.7. The van der Waals surface area contributed by atoms with Crippen molar-refractivity contribution in [2.45, 2.75) is 4.90 Å². The molecule has 4 rings (SSSR count). The first-order valence-corrected chi connectivity index (χ1v) is 11.4. The molecule has 0 spiro atoms. The van der Waals surface area contributed by atoms with E-state index in [0.29, 0.717) is 32.7 Å². The molecule has 0 bridgehead atoms. The van der Waals surface area contributed by atoms with Gasteiger partial charge in [-0.15, -0.1) is 0 Å². The normalized spacial score (nSPS) is 12.0. The van der Waals surface area contributed by atoms with Crippen LogP contribution in [0.4, 0.5) is 11.4 Å². The summed E-state index contributed by atoms with van der Waals surface area (Å²) in [6.45, 7) is 3.89. The molecule has 0 radical (unpaired) electrons. The number of aromatic amines is 1. The first-order chi connectivity index (χ1) is 15.3. The number of nitrogens with zero attached hydrogens (tertiary/aromatic N) is 1. The highest BCUT2D eigenvalue weighted by atomic mass is 35.5. The standard InChI is InChI=1S/C23H19ClN4O3S/c1-16-22(23(29)28(26-16)20-5-3-2-4-6-20)15-25-18-11-13-21(14-12-18)32(30,31)27-19-9-7-17(24)8-10-19/h2-15,25-27H,1H2/b22-15-. The topological polar surface area (TPSA) is 96.0 Å². The van der Waals surface area contributed by atoms with Crippen molar-refractivity contribution in [1.82, 2.24) is 9.78 Å². The number of hydrogen-bond donors (Lipinski definition) is 3. The van der Waals surface area contributed by atoms with Gasteiger partial charge in [0, 0.05) is 22.6 Å². The summed E-state index contributed by atoms with van der Waals surface area (Å²) in [6.07, 6.45) is 1.54. The van der Waals surface area contributed by atoms with Crippen LogP contribution in [0.5, 0.6) is 0 Å². The Morgan fingerprint density at radius 1 is 0.906 bits per heavy atom. The van der Waals surface area contributed by atoms with Gasteiger partial charge in [-0.05, 0) is 60.7 Å². The Kier molecular flexibility index (Phi) is 5.89. The predicted octanol–water partition coefficient (Wildman–Crippen LogP) is 2.88. The molecule has 0 aliphatic heterocycles. The van der Waals surface area contributed by atoms with Gasteiger partial charge in [-0.1, -0.05) is 36.4 Å². The van der Waals surface area contributed by atoms with Gasteiger partial charge < -0.3 is 5.32 Å². The first-order valence-electron chi connectivity index (χ1n) is 9.54. The number of benzene rings is 3. The summed E-state index contributed by atoms with van der Waals surface area (Å²) >= 11 is 5.83. The summed E-state index contributed by atoms with van der Waals surface area (Å²) in [6, 6.07) is 21.7. The third-order valence-electron chi connectivity index (χ3n) is 4.66. The van der Waals surface area contributed by atoms with Crippen LogP contribution in [0.3, 0.4) is 0 Å². The zero-order valence-electron chi connectivity index (χ0n) is 16.7. The average Bonchev–Trinajstić information content (AvgIpc) is 3.08. The summed E-state index contributed by atoms with van der Waals surface area (Å²) in [5.41, 5.74) is 1.47. The van der Waals surface area contributed by atoms with E-state index in [0.717, 1.165) is 0 Å². The highest BCUT2D eigenvalue weighted by molar-refractivity contribution is 7.92. The zero-order chi connectivity index (χ0) is 22.7. The van der Waals surface area contributed by atoms with Crippen LogP contribution in [0, 0.1) is 0 Å². The number of nitrogens with one attached hydrogen (secondary N) is 3. The minimum atomic E-state index is -3.75. The van der Waals surface area contributed by atoms with E-state index in [1.54, 1.807) is 36.4 Å². The Morgan fingerprint density at radius 2 is 1.53 bits per heavy atom. The van der Waals surface area contributed by atoms with Crippen molar-refractivity contribution >= 4 is 45.8 Å². The number of sulfonamides is 1. The summed E-state index contributed by atoms with van der Waals surface area (Å²) in [5.74, 6) is 0. The van der Waals surface area contributed by atoms with Crippen LogP contribution in [0.1, 0.15) is 0 Å². The fourth-order valence-electron chi connectivity index (χ4n) is 3.02. The summed E-state index contributed by atoms with van der Waals surface area (Å²) in [4.78, 5) is 12.8. The summed E-state index contributed by atoms with van der Waals surface area (Å²) < 4.78 is 29.1. The van der Waals surface area contributed by atoms with Crippen molar-refractivity contribution in [2.24, 2.45) is 0 Å².